The Hall–Kier alpha value is 0. The van der Waals surface area contributed by atoms with Gasteiger partial charge in [-0.05, 0) is 111 Å². The van der Waals surface area contributed by atoms with Crippen LogP contribution in [0.3, 0.4) is 0 Å². The van der Waals surface area contributed by atoms with Gasteiger partial charge in [0.2, 0.25) is 0 Å². The van der Waals surface area contributed by atoms with Crippen LogP contribution in [-0.2, 0) is 0 Å². The molecular formula is C20H6. The Morgan fingerprint density at radius 2 is 0.750 bits per heavy atom. The summed E-state index contributed by atoms with van der Waals surface area (Å²) in [5, 5.41) is 0. The lowest BCUT2D eigenvalue weighted by atomic mass is 9.83. The topological polar surface area (TPSA) is 0 Å². The minimum Gasteiger partial charge on any atom is -0.0421 e. The van der Waals surface area contributed by atoms with Gasteiger partial charge in [0, 0.05) is 0 Å². The van der Waals surface area contributed by atoms with Gasteiger partial charge < -0.3 is 0 Å². The first-order valence-corrected chi connectivity index (χ1v) is 9.93. The first-order chi connectivity index (χ1) is 9.93. The largest absolute Gasteiger partial charge is 0.0421 e. The van der Waals surface area contributed by atoms with Crippen molar-refractivity contribution in [3.05, 3.63) is 0 Å². The molecule has 18 aliphatic carbocycles. The average Bonchev–Trinajstić information content (AvgIpc) is 3.13. The van der Waals surface area contributed by atoms with E-state index in [0.29, 0.717) is 0 Å². The van der Waals surface area contributed by atoms with Crippen molar-refractivity contribution in [2.24, 2.45) is 98.5 Å². The Balaban J connectivity index is 1.07. The van der Waals surface area contributed by atoms with Crippen molar-refractivity contribution in [1.29, 1.82) is 0 Å². The molecule has 18 fully saturated rings. The molecular weight excluding hydrogens is 240 g/mol. The second-order valence-corrected chi connectivity index (χ2v) is 14.1. The van der Waals surface area contributed by atoms with Gasteiger partial charge in [0.25, 0.3) is 0 Å². The monoisotopic (exact) mass is 246 g/mol. The van der Waals surface area contributed by atoms with Crippen molar-refractivity contribution in [2.45, 2.75) is 12.8 Å². The van der Waals surface area contributed by atoms with Gasteiger partial charge in [0.15, 0.2) is 0 Å². The lowest BCUT2D eigenvalue weighted by Crippen LogP contribution is -2.17. The zero-order chi connectivity index (χ0) is 10.6. The van der Waals surface area contributed by atoms with Crippen molar-refractivity contribution in [1.82, 2.24) is 0 Å². The van der Waals surface area contributed by atoms with Crippen LogP contribution in [-0.4, -0.2) is 0 Å². The standard InChI is InChI=1S/C20H6/c1-3-5(1)7(3)9(5)11(7)13(9)15(11)17(13)19(15)18-14-10-6-2-4(6)8(6,10)12(10,14)16(14,18)20(17,18)19/h3-4H,1-2H2. The minimum absolute atomic E-state index is 1.16. The quantitative estimate of drug-likeness (QED) is 0.599. The fraction of sp³-hybridized carbons (Fsp3) is 1.00. The highest BCUT2D eigenvalue weighted by atomic mass is 15.9. The lowest BCUT2D eigenvalue weighted by molar-refractivity contribution is 0.257. The van der Waals surface area contributed by atoms with E-state index in [0.717, 1.165) is 10.8 Å². The van der Waals surface area contributed by atoms with Crippen molar-refractivity contribution < 1.29 is 0 Å². The van der Waals surface area contributed by atoms with Crippen molar-refractivity contribution >= 4 is 0 Å². The van der Waals surface area contributed by atoms with Gasteiger partial charge in [-0.1, -0.05) is 0 Å². The zero-order valence-electron chi connectivity index (χ0n) is 10.6. The fourth-order valence-electron chi connectivity index (χ4n) is 22.3. The zero-order valence-corrected chi connectivity index (χ0v) is 10.6. The van der Waals surface area contributed by atoms with Crippen LogP contribution in [0.1, 0.15) is 12.8 Å². The van der Waals surface area contributed by atoms with Gasteiger partial charge >= 0.3 is 0 Å². The van der Waals surface area contributed by atoms with Gasteiger partial charge in [-0.3, -0.25) is 0 Å². The molecule has 0 aliphatic heterocycles. The second kappa shape index (κ2) is 0.569. The third kappa shape index (κ3) is 0.0775. The van der Waals surface area contributed by atoms with Crippen LogP contribution < -0.4 is 0 Å². The minimum atomic E-state index is 1.16. The SMILES string of the molecule is C1C2C13C21C32C13C21C32C13C21C24C56C78C9%10CC9C%107C85C62C341. The fourth-order valence-corrected chi connectivity index (χ4v) is 22.3. The normalized spacial score (nSPS) is 167. The molecule has 0 heteroatoms. The van der Waals surface area contributed by atoms with Gasteiger partial charge in [-0.15, -0.1) is 0 Å². The summed E-state index contributed by atoms with van der Waals surface area (Å²) in [4.78, 5) is 0. The summed E-state index contributed by atoms with van der Waals surface area (Å²) in [7, 11) is 0. The van der Waals surface area contributed by atoms with Gasteiger partial charge in [-0.2, -0.15) is 0 Å². The Kier molecular flexibility index (Phi) is 0.150. The maximum Gasteiger partial charge on any atom is -0.000000230 e. The second-order valence-electron chi connectivity index (χ2n) is 14.1. The van der Waals surface area contributed by atoms with Crippen LogP contribution in [0.4, 0.5) is 0 Å². The predicted octanol–water partition coefficient (Wildman–Crippen LogP) is 1.03. The molecule has 0 saturated heterocycles. The van der Waals surface area contributed by atoms with E-state index in [1.807, 2.05) is 0 Å². The molecule has 20 heavy (non-hydrogen) atoms. The first kappa shape index (κ1) is 5.27. The number of rotatable bonds is 0. The molecule has 0 amide bonds. The van der Waals surface area contributed by atoms with Crippen LogP contribution in [0.5, 0.6) is 0 Å². The Bertz CT molecular complexity index is 1270. The predicted molar refractivity (Wildman–Crippen MR) is 55.1 cm³/mol. The first-order valence-electron chi connectivity index (χ1n) is 9.93. The molecule has 0 aromatic carbocycles. The molecule has 14 unspecified atom stereocenters. The molecule has 16 spiro atoms. The molecule has 18 aliphatic rings. The highest BCUT2D eigenvalue weighted by molar-refractivity contribution is 6.34. The Labute approximate surface area is 112 Å². The van der Waals surface area contributed by atoms with E-state index in [4.69, 9.17) is 0 Å². The maximum absolute atomic E-state index is 1.75. The summed E-state index contributed by atoms with van der Waals surface area (Å²) in [6.45, 7) is 0. The smallest absolute Gasteiger partial charge is 0.000000230 e. The summed E-state index contributed by atoms with van der Waals surface area (Å²) in [5.74, 6) is 2.76. The molecule has 18 saturated carbocycles. The summed E-state index contributed by atoms with van der Waals surface area (Å²) < 4.78 is 0. The van der Waals surface area contributed by atoms with E-state index >= 15 is 0 Å². The van der Waals surface area contributed by atoms with Crippen molar-refractivity contribution in [3.63, 3.8) is 0 Å². The average molecular weight is 246 g/mol. The van der Waals surface area contributed by atoms with E-state index in [9.17, 15) is 0 Å². The molecule has 0 N–H and O–H groups in total. The molecule has 0 heterocycles. The summed E-state index contributed by atoms with van der Waals surface area (Å²) in [6.07, 6.45) is 3.51. The molecule has 0 nitrogen and oxygen atoms in total. The molecule has 18 rings (SSSR count). The number of hydrogen-bond acceptors (Lipinski definition) is 0. The molecule has 0 aromatic rings. The van der Waals surface area contributed by atoms with Crippen LogP contribution in [0.15, 0.2) is 0 Å². The highest BCUT2D eigenvalue weighted by Gasteiger charge is 3.91. The third-order valence-corrected chi connectivity index (χ3v) is 18.8. The van der Waals surface area contributed by atoms with E-state index < -0.39 is 0 Å². The summed E-state index contributed by atoms with van der Waals surface area (Å²) in [5.41, 5.74) is 19.4. The summed E-state index contributed by atoms with van der Waals surface area (Å²) in [6, 6.07) is 0. The van der Waals surface area contributed by atoms with E-state index in [2.05, 4.69) is 0 Å². The van der Waals surface area contributed by atoms with E-state index in [-0.39, 0.29) is 0 Å². The van der Waals surface area contributed by atoms with Crippen molar-refractivity contribution in [2.75, 3.05) is 0 Å². The van der Waals surface area contributed by atoms with Crippen LogP contribution >= 0.6 is 0 Å². The molecule has 0 radical (unpaired) electrons. The van der Waals surface area contributed by atoms with Crippen molar-refractivity contribution in [3.8, 4) is 0 Å². The molecule has 0 aromatic heterocycles. The number of hydrogen-bond donors (Lipinski definition) is 0. The maximum atomic E-state index is 1.75. The van der Waals surface area contributed by atoms with E-state index in [1.54, 1.807) is 12.8 Å². The molecule has 86 valence electrons. The summed E-state index contributed by atoms with van der Waals surface area (Å²) >= 11 is 0. The lowest BCUT2D eigenvalue weighted by Gasteiger charge is -2.18. The Morgan fingerprint density at radius 3 is 1.10 bits per heavy atom. The third-order valence-electron chi connectivity index (χ3n) is 18.8. The van der Waals surface area contributed by atoms with Crippen LogP contribution in [0.2, 0.25) is 0 Å². The molecule has 14 atom stereocenters. The van der Waals surface area contributed by atoms with Gasteiger partial charge in [-0.25, -0.2) is 0 Å². The molecule has 0 bridgehead atoms. The van der Waals surface area contributed by atoms with Crippen LogP contribution in [0.25, 0.3) is 0 Å². The van der Waals surface area contributed by atoms with E-state index in [1.165, 1.54) is 87.6 Å². The Morgan fingerprint density at radius 1 is 0.400 bits per heavy atom. The van der Waals surface area contributed by atoms with Crippen LogP contribution in [0, 0.1) is 98.5 Å². The van der Waals surface area contributed by atoms with Gasteiger partial charge in [0.05, 0.1) is 0 Å². The highest BCUT2D eigenvalue weighted by Crippen LogP contribution is 3.91. The van der Waals surface area contributed by atoms with Gasteiger partial charge in [0.1, 0.15) is 0 Å².